The zero-order chi connectivity index (χ0) is 13.4. The molecular weight excluding hydrogens is 312 g/mol. The predicted octanol–water partition coefficient (Wildman–Crippen LogP) is 3.61. The monoisotopic (exact) mass is 332 g/mol. The first-order chi connectivity index (χ1) is 8.69. The summed E-state index contributed by atoms with van der Waals surface area (Å²) in [6, 6.07) is 0.405. The number of hydrogen-bond acceptors (Lipinski definition) is 5. The number of nitrogens with one attached hydrogen (secondary N) is 2. The summed E-state index contributed by atoms with van der Waals surface area (Å²) >= 11 is 5.42. The van der Waals surface area contributed by atoms with Crippen LogP contribution in [0.15, 0.2) is 10.8 Å². The van der Waals surface area contributed by atoms with E-state index in [0.717, 1.165) is 41.2 Å². The standard InChI is InChI=1S/C12H21BrN4S/c1-4-6-14-11-10(13)12(16-8-15-11)17-9(2)5-7-18-3/h8-9H,4-7H2,1-3H3,(H2,14,15,16,17). The summed E-state index contributed by atoms with van der Waals surface area (Å²) < 4.78 is 0.912. The van der Waals surface area contributed by atoms with Crippen molar-refractivity contribution in [2.75, 3.05) is 29.2 Å². The van der Waals surface area contributed by atoms with Gasteiger partial charge in [-0.25, -0.2) is 9.97 Å². The lowest BCUT2D eigenvalue weighted by atomic mass is 10.2. The van der Waals surface area contributed by atoms with Crippen molar-refractivity contribution in [2.24, 2.45) is 0 Å². The first-order valence-electron chi connectivity index (χ1n) is 6.18. The second-order valence-electron chi connectivity index (χ2n) is 4.14. The Kier molecular flexibility index (Phi) is 7.42. The Balaban J connectivity index is 2.64. The number of thioether (sulfide) groups is 1. The van der Waals surface area contributed by atoms with Crippen LogP contribution in [0, 0.1) is 0 Å². The highest BCUT2D eigenvalue weighted by atomic mass is 79.9. The molecule has 1 unspecified atom stereocenters. The van der Waals surface area contributed by atoms with E-state index in [1.807, 2.05) is 11.8 Å². The van der Waals surface area contributed by atoms with E-state index in [0.29, 0.717) is 6.04 Å². The lowest BCUT2D eigenvalue weighted by Crippen LogP contribution is -2.18. The molecular formula is C12H21BrN4S. The number of rotatable bonds is 8. The molecule has 2 N–H and O–H groups in total. The third kappa shape index (κ3) is 5.02. The number of halogens is 1. The van der Waals surface area contributed by atoms with Crippen molar-refractivity contribution in [3.63, 3.8) is 0 Å². The molecule has 1 aromatic rings. The molecule has 102 valence electrons. The molecule has 6 heteroatoms. The van der Waals surface area contributed by atoms with Gasteiger partial charge in [0, 0.05) is 12.6 Å². The van der Waals surface area contributed by atoms with Crippen LogP contribution in [0.3, 0.4) is 0 Å². The Morgan fingerprint density at radius 2 is 2.11 bits per heavy atom. The molecule has 0 saturated carbocycles. The molecule has 0 fully saturated rings. The molecule has 0 bridgehead atoms. The molecule has 1 aromatic heterocycles. The van der Waals surface area contributed by atoms with Crippen molar-refractivity contribution in [2.45, 2.75) is 32.7 Å². The fourth-order valence-corrected chi connectivity index (χ4v) is 2.49. The Hall–Kier alpha value is -0.490. The van der Waals surface area contributed by atoms with Gasteiger partial charge in [-0.2, -0.15) is 11.8 Å². The van der Waals surface area contributed by atoms with Gasteiger partial charge in [-0.1, -0.05) is 6.92 Å². The van der Waals surface area contributed by atoms with Gasteiger partial charge in [-0.05, 0) is 47.7 Å². The minimum Gasteiger partial charge on any atom is -0.369 e. The molecule has 0 aliphatic carbocycles. The van der Waals surface area contributed by atoms with Crippen molar-refractivity contribution in [3.05, 3.63) is 10.8 Å². The molecule has 4 nitrogen and oxygen atoms in total. The fourth-order valence-electron chi connectivity index (χ4n) is 1.44. The Bertz CT molecular complexity index is 362. The van der Waals surface area contributed by atoms with E-state index in [1.54, 1.807) is 6.33 Å². The van der Waals surface area contributed by atoms with E-state index in [9.17, 15) is 0 Å². The lowest BCUT2D eigenvalue weighted by molar-refractivity contribution is 0.765. The third-order valence-corrected chi connectivity index (χ3v) is 3.87. The van der Waals surface area contributed by atoms with E-state index in [-0.39, 0.29) is 0 Å². The van der Waals surface area contributed by atoms with Crippen molar-refractivity contribution in [1.82, 2.24) is 9.97 Å². The van der Waals surface area contributed by atoms with Crippen LogP contribution in [-0.2, 0) is 0 Å². The van der Waals surface area contributed by atoms with Crippen LogP contribution in [0.5, 0.6) is 0 Å². The Morgan fingerprint density at radius 1 is 1.39 bits per heavy atom. The molecule has 0 amide bonds. The average Bonchev–Trinajstić information content (AvgIpc) is 2.37. The summed E-state index contributed by atoms with van der Waals surface area (Å²) in [7, 11) is 0. The van der Waals surface area contributed by atoms with Crippen LogP contribution in [0.4, 0.5) is 11.6 Å². The van der Waals surface area contributed by atoms with Crippen LogP contribution in [0.25, 0.3) is 0 Å². The van der Waals surface area contributed by atoms with Gasteiger partial charge < -0.3 is 10.6 Å². The van der Waals surface area contributed by atoms with Gasteiger partial charge in [-0.3, -0.25) is 0 Å². The van der Waals surface area contributed by atoms with E-state index in [2.05, 4.69) is 56.6 Å². The maximum Gasteiger partial charge on any atom is 0.146 e. The van der Waals surface area contributed by atoms with Crippen molar-refractivity contribution >= 4 is 39.3 Å². The molecule has 0 saturated heterocycles. The van der Waals surface area contributed by atoms with Gasteiger partial charge in [-0.15, -0.1) is 0 Å². The number of hydrogen-bond donors (Lipinski definition) is 2. The van der Waals surface area contributed by atoms with Gasteiger partial charge in [0.25, 0.3) is 0 Å². The molecule has 0 aliphatic heterocycles. The largest absolute Gasteiger partial charge is 0.369 e. The van der Waals surface area contributed by atoms with Gasteiger partial charge in [0.2, 0.25) is 0 Å². The Morgan fingerprint density at radius 3 is 2.78 bits per heavy atom. The number of nitrogens with zero attached hydrogens (tertiary/aromatic N) is 2. The quantitative estimate of drug-likeness (QED) is 0.761. The summed E-state index contributed by atoms with van der Waals surface area (Å²) in [5.41, 5.74) is 0. The minimum absolute atomic E-state index is 0.405. The van der Waals surface area contributed by atoms with Gasteiger partial charge in [0.15, 0.2) is 0 Å². The normalized spacial score (nSPS) is 12.2. The van der Waals surface area contributed by atoms with Crippen LogP contribution in [0.2, 0.25) is 0 Å². The molecule has 0 radical (unpaired) electrons. The number of anilines is 2. The second-order valence-corrected chi connectivity index (χ2v) is 5.92. The van der Waals surface area contributed by atoms with Crippen LogP contribution < -0.4 is 10.6 Å². The van der Waals surface area contributed by atoms with Crippen LogP contribution >= 0.6 is 27.7 Å². The summed E-state index contributed by atoms with van der Waals surface area (Å²) in [6.07, 6.45) is 5.91. The zero-order valence-electron chi connectivity index (χ0n) is 11.2. The molecule has 0 aliphatic rings. The van der Waals surface area contributed by atoms with E-state index in [1.165, 1.54) is 0 Å². The fraction of sp³-hybridized carbons (Fsp3) is 0.667. The maximum atomic E-state index is 4.28. The SMILES string of the molecule is CCCNc1ncnc(NC(C)CCSC)c1Br. The minimum atomic E-state index is 0.405. The number of aromatic nitrogens is 2. The average molecular weight is 333 g/mol. The van der Waals surface area contributed by atoms with Gasteiger partial charge in [0.05, 0.1) is 0 Å². The van der Waals surface area contributed by atoms with Crippen molar-refractivity contribution < 1.29 is 0 Å². The Labute approximate surface area is 122 Å². The van der Waals surface area contributed by atoms with Crippen LogP contribution in [-0.4, -0.2) is 34.6 Å². The van der Waals surface area contributed by atoms with Crippen molar-refractivity contribution in [3.8, 4) is 0 Å². The van der Waals surface area contributed by atoms with E-state index >= 15 is 0 Å². The van der Waals surface area contributed by atoms with Crippen LogP contribution in [0.1, 0.15) is 26.7 Å². The lowest BCUT2D eigenvalue weighted by Gasteiger charge is -2.16. The van der Waals surface area contributed by atoms with Crippen molar-refractivity contribution in [1.29, 1.82) is 0 Å². The third-order valence-electron chi connectivity index (χ3n) is 2.47. The highest BCUT2D eigenvalue weighted by Crippen LogP contribution is 2.27. The topological polar surface area (TPSA) is 49.8 Å². The first-order valence-corrected chi connectivity index (χ1v) is 8.37. The highest BCUT2D eigenvalue weighted by Gasteiger charge is 2.10. The summed E-state index contributed by atoms with van der Waals surface area (Å²) in [5.74, 6) is 2.86. The zero-order valence-corrected chi connectivity index (χ0v) is 13.6. The summed E-state index contributed by atoms with van der Waals surface area (Å²) in [5, 5.41) is 6.69. The summed E-state index contributed by atoms with van der Waals surface area (Å²) in [6.45, 7) is 5.22. The van der Waals surface area contributed by atoms with E-state index in [4.69, 9.17) is 0 Å². The molecule has 1 heterocycles. The van der Waals surface area contributed by atoms with E-state index < -0.39 is 0 Å². The second kappa shape index (κ2) is 8.58. The molecule has 0 aromatic carbocycles. The summed E-state index contributed by atoms with van der Waals surface area (Å²) in [4.78, 5) is 8.51. The molecule has 1 atom stereocenters. The molecule has 1 rings (SSSR count). The molecule has 0 spiro atoms. The highest BCUT2D eigenvalue weighted by molar-refractivity contribution is 9.10. The van der Waals surface area contributed by atoms with Gasteiger partial charge >= 0.3 is 0 Å². The predicted molar refractivity (Wildman–Crippen MR) is 84.6 cm³/mol. The van der Waals surface area contributed by atoms with Gasteiger partial charge in [0.1, 0.15) is 22.4 Å². The molecule has 18 heavy (non-hydrogen) atoms. The maximum absolute atomic E-state index is 4.28. The first kappa shape index (κ1) is 15.6. The smallest absolute Gasteiger partial charge is 0.146 e.